The van der Waals surface area contributed by atoms with Gasteiger partial charge in [0.2, 0.25) is 0 Å². The van der Waals surface area contributed by atoms with Gasteiger partial charge in [-0.3, -0.25) is 14.9 Å². The number of urea groups is 1. The number of benzene rings is 2. The smallest absolute Gasteiger partial charge is 0.335 e. The third kappa shape index (κ3) is 3.83. The first-order valence-electron chi connectivity index (χ1n) is 7.94. The lowest BCUT2D eigenvalue weighted by Crippen LogP contribution is -2.54. The van der Waals surface area contributed by atoms with Gasteiger partial charge in [0.15, 0.2) is 11.5 Å². The van der Waals surface area contributed by atoms with E-state index in [0.29, 0.717) is 22.1 Å². The van der Waals surface area contributed by atoms with E-state index in [1.807, 2.05) is 0 Å². The summed E-state index contributed by atoms with van der Waals surface area (Å²) >= 11 is 8.02. The number of carbonyl (C=O) groups is 3. The Morgan fingerprint density at radius 1 is 1.11 bits per heavy atom. The first kappa shape index (κ1) is 20.2. The van der Waals surface area contributed by atoms with Crippen LogP contribution in [0.5, 0.6) is 11.5 Å². The molecule has 1 N–H and O–H groups in total. The number of ether oxygens (including phenoxy) is 2. The summed E-state index contributed by atoms with van der Waals surface area (Å²) < 4.78 is 11.3. The number of anilines is 1. The molecule has 0 radical (unpaired) electrons. The van der Waals surface area contributed by atoms with E-state index in [4.69, 9.17) is 21.1 Å². The normalized spacial score (nSPS) is 15.6. The molecule has 9 heteroatoms. The van der Waals surface area contributed by atoms with E-state index in [1.165, 1.54) is 26.4 Å². The highest BCUT2D eigenvalue weighted by molar-refractivity contribution is 14.1. The Hall–Kier alpha value is -2.59. The lowest BCUT2D eigenvalue weighted by Gasteiger charge is -2.26. The van der Waals surface area contributed by atoms with E-state index >= 15 is 0 Å². The van der Waals surface area contributed by atoms with Crippen LogP contribution in [0.3, 0.4) is 0 Å². The van der Waals surface area contributed by atoms with Crippen LogP contribution in [0.15, 0.2) is 42.0 Å². The van der Waals surface area contributed by atoms with Crippen molar-refractivity contribution in [1.29, 1.82) is 0 Å². The number of hydrogen-bond donors (Lipinski definition) is 1. The topological polar surface area (TPSA) is 84.9 Å². The number of rotatable bonds is 4. The predicted octanol–water partition coefficient (Wildman–Crippen LogP) is 3.63. The molecule has 1 aliphatic rings. The molecule has 1 aliphatic heterocycles. The number of halogens is 2. The van der Waals surface area contributed by atoms with Crippen molar-refractivity contribution >= 4 is 63.8 Å². The molecule has 2 aromatic carbocycles. The first-order valence-corrected chi connectivity index (χ1v) is 9.40. The molecule has 7 nitrogen and oxygen atoms in total. The molecule has 0 spiro atoms. The number of carbonyl (C=O) groups excluding carboxylic acids is 3. The summed E-state index contributed by atoms with van der Waals surface area (Å²) in [5, 5.41) is 2.53. The molecule has 28 heavy (non-hydrogen) atoms. The lowest BCUT2D eigenvalue weighted by atomic mass is 10.1. The Balaban J connectivity index is 2.06. The Morgan fingerprint density at radius 2 is 1.86 bits per heavy atom. The van der Waals surface area contributed by atoms with Gasteiger partial charge in [-0.15, -0.1) is 0 Å². The molecule has 0 atom stereocenters. The van der Waals surface area contributed by atoms with Crippen LogP contribution in [-0.2, 0) is 9.59 Å². The SMILES string of the molecule is COc1cc(/C=C2\C(=O)NC(=O)N(c3cccc(Cl)c3)C2=O)cc(I)c1OC. The van der Waals surface area contributed by atoms with Crippen LogP contribution < -0.4 is 19.7 Å². The van der Waals surface area contributed by atoms with Gasteiger partial charge in [-0.1, -0.05) is 17.7 Å². The third-order valence-corrected chi connectivity index (χ3v) is 4.97. The van der Waals surface area contributed by atoms with E-state index < -0.39 is 17.8 Å². The summed E-state index contributed by atoms with van der Waals surface area (Å²) in [5.74, 6) is -0.535. The molecule has 0 unspecified atom stereocenters. The fourth-order valence-corrected chi connectivity index (χ4v) is 3.73. The second kappa shape index (κ2) is 8.19. The monoisotopic (exact) mass is 512 g/mol. The van der Waals surface area contributed by atoms with Gasteiger partial charge in [0, 0.05) is 5.02 Å². The number of imide groups is 2. The first-order chi connectivity index (χ1) is 13.3. The van der Waals surface area contributed by atoms with E-state index in [2.05, 4.69) is 27.9 Å². The van der Waals surface area contributed by atoms with Gasteiger partial charge in [-0.25, -0.2) is 9.69 Å². The third-order valence-electron chi connectivity index (χ3n) is 3.93. The Kier molecular flexibility index (Phi) is 5.90. The van der Waals surface area contributed by atoms with Crippen LogP contribution >= 0.6 is 34.2 Å². The van der Waals surface area contributed by atoms with Gasteiger partial charge in [0.1, 0.15) is 5.57 Å². The largest absolute Gasteiger partial charge is 0.493 e. The minimum atomic E-state index is -0.837. The number of amides is 4. The minimum Gasteiger partial charge on any atom is -0.493 e. The summed E-state index contributed by atoms with van der Waals surface area (Å²) in [4.78, 5) is 38.3. The van der Waals surface area contributed by atoms with E-state index in [-0.39, 0.29) is 11.3 Å². The van der Waals surface area contributed by atoms with Crippen LogP contribution in [-0.4, -0.2) is 32.1 Å². The molecular weight excluding hydrogens is 499 g/mol. The molecule has 1 fully saturated rings. The minimum absolute atomic E-state index is 0.192. The average Bonchev–Trinajstić information content (AvgIpc) is 2.64. The Morgan fingerprint density at radius 3 is 2.50 bits per heavy atom. The standard InChI is InChI=1S/C19H14ClIN2O5/c1-27-15-8-10(7-14(21)16(15)28-2)6-13-17(24)22-19(26)23(18(13)25)12-5-3-4-11(20)9-12/h3-9H,1-2H3,(H,22,24,26)/b13-6+. The summed E-state index contributed by atoms with van der Waals surface area (Å²) in [7, 11) is 3.01. The maximum atomic E-state index is 12.9. The zero-order valence-electron chi connectivity index (χ0n) is 14.8. The summed E-state index contributed by atoms with van der Waals surface area (Å²) in [6.45, 7) is 0. The van der Waals surface area contributed by atoms with Crippen molar-refractivity contribution in [1.82, 2.24) is 5.32 Å². The van der Waals surface area contributed by atoms with Crippen molar-refractivity contribution in [2.45, 2.75) is 0 Å². The van der Waals surface area contributed by atoms with Crippen molar-refractivity contribution in [2.75, 3.05) is 19.1 Å². The quantitative estimate of drug-likeness (QED) is 0.384. The maximum Gasteiger partial charge on any atom is 0.335 e. The Bertz CT molecular complexity index is 1020. The zero-order chi connectivity index (χ0) is 20.4. The molecule has 3 rings (SSSR count). The van der Waals surface area contributed by atoms with E-state index in [9.17, 15) is 14.4 Å². The van der Waals surface area contributed by atoms with Crippen LogP contribution in [0.1, 0.15) is 5.56 Å². The van der Waals surface area contributed by atoms with Crippen LogP contribution in [0, 0.1) is 3.57 Å². The molecule has 0 aliphatic carbocycles. The molecule has 4 amide bonds. The van der Waals surface area contributed by atoms with Gasteiger partial charge >= 0.3 is 6.03 Å². The van der Waals surface area contributed by atoms with Gasteiger partial charge in [0.25, 0.3) is 11.8 Å². The predicted molar refractivity (Wildman–Crippen MR) is 113 cm³/mol. The van der Waals surface area contributed by atoms with Crippen LogP contribution in [0.4, 0.5) is 10.5 Å². The lowest BCUT2D eigenvalue weighted by molar-refractivity contribution is -0.122. The fourth-order valence-electron chi connectivity index (χ4n) is 2.70. The molecule has 0 bridgehead atoms. The molecule has 2 aromatic rings. The molecule has 1 heterocycles. The average molecular weight is 513 g/mol. The molecule has 1 saturated heterocycles. The van der Waals surface area contributed by atoms with Crippen molar-refractivity contribution in [2.24, 2.45) is 0 Å². The van der Waals surface area contributed by atoms with Gasteiger partial charge in [-0.05, 0) is 64.6 Å². The van der Waals surface area contributed by atoms with E-state index in [0.717, 1.165) is 8.47 Å². The summed E-state index contributed by atoms with van der Waals surface area (Å²) in [5.41, 5.74) is 0.610. The second-order valence-electron chi connectivity index (χ2n) is 5.68. The van der Waals surface area contributed by atoms with E-state index in [1.54, 1.807) is 30.3 Å². The number of barbiturate groups is 1. The second-order valence-corrected chi connectivity index (χ2v) is 7.27. The Labute approximate surface area is 179 Å². The number of methoxy groups -OCH3 is 2. The summed E-state index contributed by atoms with van der Waals surface area (Å²) in [6.07, 6.45) is 1.39. The van der Waals surface area contributed by atoms with Crippen LogP contribution in [0.2, 0.25) is 5.02 Å². The molecule has 0 aromatic heterocycles. The number of hydrogen-bond acceptors (Lipinski definition) is 5. The van der Waals surface area contributed by atoms with Crippen molar-refractivity contribution in [3.05, 3.63) is 56.1 Å². The molecule has 0 saturated carbocycles. The van der Waals surface area contributed by atoms with Crippen molar-refractivity contribution in [3.63, 3.8) is 0 Å². The highest BCUT2D eigenvalue weighted by atomic mass is 127. The zero-order valence-corrected chi connectivity index (χ0v) is 17.7. The number of nitrogens with one attached hydrogen (secondary N) is 1. The fraction of sp³-hybridized carbons (Fsp3) is 0.105. The highest BCUT2D eigenvalue weighted by Gasteiger charge is 2.36. The van der Waals surface area contributed by atoms with Gasteiger partial charge in [0.05, 0.1) is 23.5 Å². The summed E-state index contributed by atoms with van der Waals surface area (Å²) in [6, 6.07) is 8.77. The maximum absolute atomic E-state index is 12.9. The molecule has 144 valence electrons. The highest BCUT2D eigenvalue weighted by Crippen LogP contribution is 2.34. The van der Waals surface area contributed by atoms with Gasteiger partial charge < -0.3 is 9.47 Å². The van der Waals surface area contributed by atoms with Crippen molar-refractivity contribution in [3.8, 4) is 11.5 Å². The van der Waals surface area contributed by atoms with Gasteiger partial charge in [-0.2, -0.15) is 0 Å². The molecular formula is C19H14ClIN2O5. The number of nitrogens with zero attached hydrogens (tertiary/aromatic N) is 1. The van der Waals surface area contributed by atoms with Crippen molar-refractivity contribution < 1.29 is 23.9 Å². The van der Waals surface area contributed by atoms with Crippen LogP contribution in [0.25, 0.3) is 6.08 Å².